The van der Waals surface area contributed by atoms with Crippen LogP contribution >= 0.6 is 120 Å². The van der Waals surface area contributed by atoms with E-state index < -0.39 is 12.0 Å². The Labute approximate surface area is 827 Å². The van der Waals surface area contributed by atoms with E-state index in [0.29, 0.717) is 24.4 Å². The number of aromatic amines is 1. The molecule has 0 bridgehead atoms. The van der Waals surface area contributed by atoms with Crippen LogP contribution in [0.1, 0.15) is 55.6 Å². The molecule has 27 rings (SSSR count). The molecule has 0 radical (unpaired) electrons. The molecule has 4 heterocycles. The van der Waals surface area contributed by atoms with Crippen LogP contribution in [-0.4, -0.2) is 41.0 Å². The number of hydrogen-bond acceptors (Lipinski definition) is 6. The number of benzene rings is 18. The van der Waals surface area contributed by atoms with E-state index in [0.717, 1.165) is 63.3 Å². The third-order valence-electron chi connectivity index (χ3n) is 25.7. The van der Waals surface area contributed by atoms with Gasteiger partial charge in [-0.3, -0.25) is 20.2 Å². The second-order valence-corrected chi connectivity index (χ2v) is 38.4. The Morgan fingerprint density at radius 2 is 0.669 bits per heavy atom. The number of aromatic nitrogens is 3. The molecule has 0 amide bonds. The summed E-state index contributed by atoms with van der Waals surface area (Å²) in [5.41, 5.74) is 39.1. The van der Waals surface area contributed by atoms with E-state index in [1.54, 1.807) is 30.3 Å². The number of fused-ring (bicyclic) bond motifs is 30. The summed E-state index contributed by atoms with van der Waals surface area (Å²) in [5, 5.41) is 51.4. The zero-order chi connectivity index (χ0) is 91.4. The Bertz CT molecular complexity index is 8360. The van der Waals surface area contributed by atoms with Crippen LogP contribution in [0.3, 0.4) is 0 Å². The molecule has 0 fully saturated rings. The van der Waals surface area contributed by atoms with Gasteiger partial charge in [0.15, 0.2) is 0 Å². The lowest BCUT2D eigenvalue weighted by Gasteiger charge is -2.10. The third kappa shape index (κ3) is 16.5. The van der Waals surface area contributed by atoms with Gasteiger partial charge in [0.05, 0.1) is 61.9 Å². The van der Waals surface area contributed by atoms with Crippen molar-refractivity contribution in [2.45, 2.75) is 32.1 Å². The molecule has 2 atom stereocenters. The van der Waals surface area contributed by atoms with Crippen molar-refractivity contribution in [2.75, 3.05) is 0 Å². The summed E-state index contributed by atoms with van der Waals surface area (Å²) in [4.78, 5) is 24.7. The van der Waals surface area contributed by atoms with Crippen molar-refractivity contribution >= 4 is 226 Å². The first-order valence-corrected chi connectivity index (χ1v) is 51.0. The van der Waals surface area contributed by atoms with Gasteiger partial charge in [0.25, 0.3) is 11.4 Å². The van der Waals surface area contributed by atoms with Gasteiger partial charge in [0, 0.05) is 66.8 Å². The maximum Gasteiger partial charge on any atom is 0.488 e. The Balaban J connectivity index is 0.0000000990. The fraction of sp³-hybridized carbons (Fsp3) is 0.0442. The van der Waals surface area contributed by atoms with Gasteiger partial charge in [-0.05, 0) is 342 Å². The summed E-state index contributed by atoms with van der Waals surface area (Å²) in [5.74, 6) is 0. The van der Waals surface area contributed by atoms with E-state index >= 15 is 0 Å². The van der Waals surface area contributed by atoms with Gasteiger partial charge in [0.2, 0.25) is 0 Å². The second kappa shape index (κ2) is 38.2. The molecular formula is C113H78BBr5IN5O6P2. The number of hydrogen-bond donors (Lipinski definition) is 3. The molecule has 0 saturated carbocycles. The minimum Gasteiger partial charge on any atom is -0.423 e. The van der Waals surface area contributed by atoms with Crippen molar-refractivity contribution < 1.29 is 19.9 Å². The predicted molar refractivity (Wildman–Crippen MR) is 584 cm³/mol. The lowest BCUT2D eigenvalue weighted by atomic mass is 9.76. The van der Waals surface area contributed by atoms with E-state index in [4.69, 9.17) is 0 Å². The topological polar surface area (TPSA) is 152 Å². The molecule has 3 N–H and O–H groups in total. The lowest BCUT2D eigenvalue weighted by Crippen LogP contribution is -2.32. The van der Waals surface area contributed by atoms with Gasteiger partial charge in [-0.15, -0.1) is 17.9 Å². The van der Waals surface area contributed by atoms with Gasteiger partial charge in [-0.25, -0.2) is 0 Å². The normalized spacial score (nSPS) is 12.0. The molecule has 0 aliphatic heterocycles. The number of nitro groups is 2. The van der Waals surface area contributed by atoms with Crippen molar-refractivity contribution in [1.82, 2.24) is 14.0 Å². The van der Waals surface area contributed by atoms with Gasteiger partial charge >= 0.3 is 7.12 Å². The summed E-state index contributed by atoms with van der Waals surface area (Å²) in [6, 6.07) is 128. The SMILES string of the molecule is Brc1cccc2c1[nH]c1ccc3c(c12)Cc1ccccc1-3.Brc1cccc2c3c4c(ccc3n(-c3ccccc3)c12)-c1ccccc1C4.Ic1ccccc1.O=[N+]([O-])c1c(Br)cccc1-c1cccc2c1Cc1ccccc1-2.O=[N+]([O-])c1c(Br)cccc1Br.OB(O)c1cccc2c1Cc1ccccc1-2.PP.c1ccc2c(c1)Cc1c-2ccc2c1c1cccc3c4ccccc4n2c31. The molecule has 0 spiro atoms. The Kier molecular flexibility index (Phi) is 25.6. The summed E-state index contributed by atoms with van der Waals surface area (Å²) < 4.78 is 9.88. The smallest absolute Gasteiger partial charge is 0.423 e. The third-order valence-corrected chi connectivity index (χ3v) is 29.7. The fourth-order valence-electron chi connectivity index (χ4n) is 20.2. The quantitative estimate of drug-likeness (QED) is 0.0513. The van der Waals surface area contributed by atoms with Crippen molar-refractivity contribution in [3.8, 4) is 72.4 Å². The zero-order valence-electron chi connectivity index (χ0n) is 71.1. The van der Waals surface area contributed by atoms with Crippen LogP contribution in [0.5, 0.6) is 0 Å². The number of nitrogens with zero attached hydrogens (tertiary/aromatic N) is 4. The Morgan fingerprint density at radius 1 is 0.308 bits per heavy atom. The molecule has 4 aromatic heterocycles. The van der Waals surface area contributed by atoms with E-state index in [-0.39, 0.29) is 16.3 Å². The molecule has 22 aromatic rings. The standard InChI is InChI=1S/C25H16BrN.C25H15N.C19H12BrNO2.C19H12BrN.C13H11BO2.C6H3Br2NO2.C6H5I.H4P2/c26-22-12-6-11-20-24-21-15-16-7-4-5-10-18(16)19(21)13-14-23(24)27(25(20)22)17-8-2-1-3-9-17;1-2-7-16-15(6-1)14-21-17(16)12-13-23-24(21)20-10-5-9-19-18-8-3-4-11-22(18)26(23)25(19)20;20-18-10-4-9-16(19(18)21(22)23)15-8-3-7-14-13-6-2-1-5-12(13)11-17(14)15;20-16-7-3-6-14-18-15-10-11-4-1-2-5-12(11)13(15)8-9-17(18)21-19(14)16;15-14(16)13-7-3-6-11-10-5-2-1-4-9(10)8-12(11)13;7-4-2-1-3-5(8)6(4)9(10)11;7-6-4-2-1-3-5-6;1-2/h1-14H,15H2;1-13H,14H2;1-10H,11H2;1-9,21H,10H2;1-7,15-16H,8H2;1-3H;1-5H;1-2H2. The summed E-state index contributed by atoms with van der Waals surface area (Å²) in [6.45, 7) is 0. The minimum atomic E-state index is -1.38. The average Bonchev–Trinajstić information content (AvgIpc) is 1.53. The molecule has 20 heteroatoms. The fourth-order valence-corrected chi connectivity index (χ4v) is 23.4. The first-order valence-electron chi connectivity index (χ1n) is 43.3. The number of rotatable bonds is 5. The number of halogens is 6. The first-order chi connectivity index (χ1) is 65.0. The van der Waals surface area contributed by atoms with Gasteiger partial charge in [-0.2, -0.15) is 0 Å². The van der Waals surface area contributed by atoms with Crippen LogP contribution in [0, 0.1) is 23.8 Å². The van der Waals surface area contributed by atoms with Gasteiger partial charge in [-0.1, -0.05) is 285 Å². The first kappa shape index (κ1) is 89.0. The molecule has 0 saturated heterocycles. The van der Waals surface area contributed by atoms with Crippen LogP contribution in [0.25, 0.3) is 154 Å². The number of nitrogens with one attached hydrogen (secondary N) is 1. The Hall–Kier alpha value is -11.9. The van der Waals surface area contributed by atoms with Crippen LogP contribution in [0.2, 0.25) is 0 Å². The van der Waals surface area contributed by atoms with Crippen LogP contribution in [0.4, 0.5) is 11.4 Å². The second-order valence-electron chi connectivity index (χ2n) is 32.9. The number of H-pyrrole nitrogens is 1. The maximum absolute atomic E-state index is 11.5. The Morgan fingerprint density at radius 3 is 1.20 bits per heavy atom. The molecule has 5 aliphatic rings. The molecule has 5 aliphatic carbocycles. The number of nitro benzene ring substituents is 2. The highest BCUT2D eigenvalue weighted by Crippen LogP contribution is 2.51. The minimum absolute atomic E-state index is 0.0625. The molecule has 18 aromatic carbocycles. The zero-order valence-corrected chi connectivity index (χ0v) is 83.5. The summed E-state index contributed by atoms with van der Waals surface area (Å²) in [6.07, 6.45) is 4.67. The molecule has 133 heavy (non-hydrogen) atoms. The lowest BCUT2D eigenvalue weighted by molar-refractivity contribution is -0.386. The predicted octanol–water partition coefficient (Wildman–Crippen LogP) is 31.8. The van der Waals surface area contributed by atoms with Crippen molar-refractivity contribution in [3.05, 3.63) is 472 Å². The van der Waals surface area contributed by atoms with Gasteiger partial charge in [0.1, 0.15) is 0 Å². The van der Waals surface area contributed by atoms with Crippen molar-refractivity contribution in [2.24, 2.45) is 0 Å². The van der Waals surface area contributed by atoms with E-state index in [1.807, 2.05) is 78.9 Å². The average molecular weight is 2200 g/mol. The molecule has 2 unspecified atom stereocenters. The molecule has 646 valence electrons. The molecular weight excluding hydrogens is 2120 g/mol. The van der Waals surface area contributed by atoms with Crippen molar-refractivity contribution in [1.29, 1.82) is 0 Å². The van der Waals surface area contributed by atoms with Crippen molar-refractivity contribution in [3.63, 3.8) is 0 Å². The van der Waals surface area contributed by atoms with Crippen LogP contribution in [-0.2, 0) is 32.1 Å². The highest BCUT2D eigenvalue weighted by atomic mass is 127. The van der Waals surface area contributed by atoms with E-state index in [1.165, 1.54) is 186 Å². The highest BCUT2D eigenvalue weighted by Gasteiger charge is 2.32. The van der Waals surface area contributed by atoms with Gasteiger partial charge < -0.3 is 24.0 Å². The summed E-state index contributed by atoms with van der Waals surface area (Å²) in [7, 11) is 3.28. The highest BCUT2D eigenvalue weighted by molar-refractivity contribution is 14.1. The largest absolute Gasteiger partial charge is 0.488 e. The monoisotopic (exact) mass is 2200 g/mol. The maximum atomic E-state index is 11.5. The summed E-state index contributed by atoms with van der Waals surface area (Å²) >= 11 is 19.2. The van der Waals surface area contributed by atoms with E-state index in [2.05, 4.69) is 395 Å². The number of para-hydroxylation sites is 7. The molecule has 11 nitrogen and oxygen atoms in total. The van der Waals surface area contributed by atoms with Crippen LogP contribution in [0.15, 0.2) is 392 Å². The van der Waals surface area contributed by atoms with Crippen LogP contribution < -0.4 is 5.46 Å². The van der Waals surface area contributed by atoms with E-state index in [9.17, 15) is 30.3 Å².